The summed E-state index contributed by atoms with van der Waals surface area (Å²) in [5, 5.41) is 13.2. The molecule has 1 atom stereocenters. The topological polar surface area (TPSA) is 52.6 Å². The van der Waals surface area contributed by atoms with Crippen molar-refractivity contribution >= 4 is 5.97 Å². The van der Waals surface area contributed by atoms with Gasteiger partial charge in [0.15, 0.2) is 0 Å². The van der Waals surface area contributed by atoms with Crippen molar-refractivity contribution in [3.05, 3.63) is 0 Å². The van der Waals surface area contributed by atoms with E-state index in [0.29, 0.717) is 18.5 Å². The van der Waals surface area contributed by atoms with Gasteiger partial charge < -0.3 is 10.4 Å². The van der Waals surface area contributed by atoms with Crippen LogP contribution in [0.15, 0.2) is 0 Å². The lowest BCUT2D eigenvalue weighted by atomic mass is 9.91. The van der Waals surface area contributed by atoms with Gasteiger partial charge in [0.25, 0.3) is 0 Å². The second-order valence-electron chi connectivity index (χ2n) is 6.53. The standard InChI is InChI=1S/C16H30N2O2/c1-3-5-11-18(14-8-9-14)12-16(15(19)20,13-6-7-13)17-10-4-2/h13-14,17H,3-12H2,1-2H3,(H,19,20). The number of nitrogens with zero attached hydrogens (tertiary/aromatic N) is 1. The van der Waals surface area contributed by atoms with E-state index in [4.69, 9.17) is 0 Å². The number of rotatable bonds is 11. The molecule has 2 saturated carbocycles. The Morgan fingerprint density at radius 3 is 2.40 bits per heavy atom. The van der Waals surface area contributed by atoms with Gasteiger partial charge in [-0.05, 0) is 57.5 Å². The van der Waals surface area contributed by atoms with Crippen LogP contribution in [0, 0.1) is 5.92 Å². The first-order valence-corrected chi connectivity index (χ1v) is 8.36. The van der Waals surface area contributed by atoms with E-state index >= 15 is 0 Å². The molecule has 116 valence electrons. The molecule has 0 radical (unpaired) electrons. The molecule has 0 saturated heterocycles. The highest BCUT2D eigenvalue weighted by Gasteiger charge is 2.52. The average molecular weight is 282 g/mol. The summed E-state index contributed by atoms with van der Waals surface area (Å²) in [7, 11) is 0. The smallest absolute Gasteiger partial charge is 0.325 e. The van der Waals surface area contributed by atoms with Crippen molar-refractivity contribution in [2.75, 3.05) is 19.6 Å². The number of carboxylic acids is 1. The Hall–Kier alpha value is -0.610. The van der Waals surface area contributed by atoms with Crippen LogP contribution in [0.3, 0.4) is 0 Å². The molecule has 2 aliphatic rings. The second-order valence-corrected chi connectivity index (χ2v) is 6.53. The van der Waals surface area contributed by atoms with Gasteiger partial charge in [-0.15, -0.1) is 0 Å². The molecule has 2 N–H and O–H groups in total. The average Bonchev–Trinajstić information content (AvgIpc) is 3.29. The molecule has 2 rings (SSSR count). The van der Waals surface area contributed by atoms with Gasteiger partial charge in [-0.1, -0.05) is 20.3 Å². The molecule has 0 aromatic carbocycles. The highest BCUT2D eigenvalue weighted by Crippen LogP contribution is 2.42. The molecule has 0 aliphatic heterocycles. The van der Waals surface area contributed by atoms with E-state index in [-0.39, 0.29) is 0 Å². The summed E-state index contributed by atoms with van der Waals surface area (Å²) in [6.07, 6.45) is 7.96. The minimum absolute atomic E-state index is 0.328. The molecule has 0 amide bonds. The van der Waals surface area contributed by atoms with Gasteiger partial charge in [0.2, 0.25) is 0 Å². The van der Waals surface area contributed by atoms with E-state index in [2.05, 4.69) is 24.1 Å². The Morgan fingerprint density at radius 2 is 1.95 bits per heavy atom. The zero-order chi connectivity index (χ0) is 14.6. The van der Waals surface area contributed by atoms with Crippen molar-refractivity contribution in [3.63, 3.8) is 0 Å². The number of hydrogen-bond acceptors (Lipinski definition) is 3. The molecule has 2 aliphatic carbocycles. The summed E-state index contributed by atoms with van der Waals surface area (Å²) in [5.41, 5.74) is -0.702. The first-order valence-electron chi connectivity index (χ1n) is 8.36. The van der Waals surface area contributed by atoms with Crippen LogP contribution >= 0.6 is 0 Å². The van der Waals surface area contributed by atoms with E-state index in [0.717, 1.165) is 32.4 Å². The van der Waals surface area contributed by atoms with Crippen molar-refractivity contribution in [1.82, 2.24) is 10.2 Å². The van der Waals surface area contributed by atoms with Crippen LogP contribution in [0.1, 0.15) is 58.8 Å². The fourth-order valence-electron chi connectivity index (χ4n) is 3.08. The summed E-state index contributed by atoms with van der Waals surface area (Å²) >= 11 is 0. The first kappa shape index (κ1) is 15.8. The van der Waals surface area contributed by atoms with Crippen molar-refractivity contribution in [1.29, 1.82) is 0 Å². The van der Waals surface area contributed by atoms with Crippen LogP contribution < -0.4 is 5.32 Å². The molecule has 1 unspecified atom stereocenters. The quantitative estimate of drug-likeness (QED) is 0.611. The van der Waals surface area contributed by atoms with Crippen LogP contribution in [0.2, 0.25) is 0 Å². The van der Waals surface area contributed by atoms with E-state index in [1.54, 1.807) is 0 Å². The number of hydrogen-bond donors (Lipinski definition) is 2. The minimum atomic E-state index is -0.702. The summed E-state index contributed by atoms with van der Waals surface area (Å²) in [4.78, 5) is 14.4. The number of nitrogens with one attached hydrogen (secondary N) is 1. The van der Waals surface area contributed by atoms with E-state index in [1.807, 2.05) is 0 Å². The van der Waals surface area contributed by atoms with Gasteiger partial charge in [-0.2, -0.15) is 0 Å². The second kappa shape index (κ2) is 6.90. The molecule has 2 fully saturated rings. The number of aliphatic carboxylic acids is 1. The maximum Gasteiger partial charge on any atom is 0.325 e. The van der Waals surface area contributed by atoms with Crippen molar-refractivity contribution in [2.45, 2.75) is 70.4 Å². The minimum Gasteiger partial charge on any atom is -0.480 e. The fraction of sp³-hybridized carbons (Fsp3) is 0.938. The maximum absolute atomic E-state index is 12.0. The normalized spacial score (nSPS) is 21.9. The lowest BCUT2D eigenvalue weighted by Crippen LogP contribution is -2.61. The Labute approximate surface area is 122 Å². The Bertz CT molecular complexity index is 326. The van der Waals surface area contributed by atoms with E-state index < -0.39 is 11.5 Å². The summed E-state index contributed by atoms with van der Waals surface area (Å²) < 4.78 is 0. The van der Waals surface area contributed by atoms with Crippen LogP contribution in [-0.2, 0) is 4.79 Å². The largest absolute Gasteiger partial charge is 0.480 e. The van der Waals surface area contributed by atoms with Gasteiger partial charge in [-0.25, -0.2) is 0 Å². The van der Waals surface area contributed by atoms with Crippen molar-refractivity contribution < 1.29 is 9.90 Å². The summed E-state index contributed by atoms with van der Waals surface area (Å²) in [6, 6.07) is 0.641. The lowest BCUT2D eigenvalue weighted by molar-refractivity contribution is -0.147. The van der Waals surface area contributed by atoms with Gasteiger partial charge in [0.05, 0.1) is 0 Å². The fourth-order valence-corrected chi connectivity index (χ4v) is 3.08. The molecule has 4 heteroatoms. The van der Waals surface area contributed by atoms with Crippen molar-refractivity contribution in [2.24, 2.45) is 5.92 Å². The predicted octanol–water partition coefficient (Wildman–Crippen LogP) is 2.48. The Morgan fingerprint density at radius 1 is 1.25 bits per heavy atom. The number of carboxylic acid groups (broad SMARTS) is 1. The van der Waals surface area contributed by atoms with Crippen LogP contribution in [0.4, 0.5) is 0 Å². The summed E-state index contributed by atoms with van der Waals surface area (Å²) in [6.45, 7) is 6.84. The van der Waals surface area contributed by atoms with E-state index in [9.17, 15) is 9.90 Å². The molecular weight excluding hydrogens is 252 g/mol. The van der Waals surface area contributed by atoms with Crippen LogP contribution in [-0.4, -0.2) is 47.2 Å². The molecule has 20 heavy (non-hydrogen) atoms. The van der Waals surface area contributed by atoms with Crippen LogP contribution in [0.25, 0.3) is 0 Å². The summed E-state index contributed by atoms with van der Waals surface area (Å²) in [5.74, 6) is -0.315. The third-order valence-electron chi connectivity index (χ3n) is 4.66. The molecule has 4 nitrogen and oxygen atoms in total. The van der Waals surface area contributed by atoms with Gasteiger partial charge >= 0.3 is 5.97 Å². The Kier molecular flexibility index (Phi) is 5.44. The highest BCUT2D eigenvalue weighted by molar-refractivity contribution is 5.80. The molecule has 0 bridgehead atoms. The van der Waals surface area contributed by atoms with Crippen LogP contribution in [0.5, 0.6) is 0 Å². The highest BCUT2D eigenvalue weighted by atomic mass is 16.4. The van der Waals surface area contributed by atoms with Crippen molar-refractivity contribution in [3.8, 4) is 0 Å². The SMILES string of the molecule is CCCCN(CC(NCCC)(C(=O)O)C1CC1)C1CC1. The molecule has 0 aromatic heterocycles. The zero-order valence-electron chi connectivity index (χ0n) is 13.0. The van der Waals surface area contributed by atoms with Gasteiger partial charge in [-0.3, -0.25) is 9.69 Å². The lowest BCUT2D eigenvalue weighted by Gasteiger charge is -2.36. The zero-order valence-corrected chi connectivity index (χ0v) is 13.0. The van der Waals surface area contributed by atoms with Gasteiger partial charge in [0, 0.05) is 12.6 Å². The molecule has 0 heterocycles. The molecule has 0 spiro atoms. The maximum atomic E-state index is 12.0. The third-order valence-corrected chi connectivity index (χ3v) is 4.66. The number of carbonyl (C=O) groups is 1. The Balaban J connectivity index is 2.05. The third kappa shape index (κ3) is 3.73. The van der Waals surface area contributed by atoms with E-state index in [1.165, 1.54) is 25.7 Å². The monoisotopic (exact) mass is 282 g/mol. The first-order chi connectivity index (χ1) is 9.64. The molecular formula is C16H30N2O2. The molecule has 0 aromatic rings. The predicted molar refractivity (Wildman–Crippen MR) is 80.9 cm³/mol. The number of unbranched alkanes of at least 4 members (excludes halogenated alkanes) is 1. The van der Waals surface area contributed by atoms with Gasteiger partial charge in [0.1, 0.15) is 5.54 Å².